The molecular weight excluding hydrogens is 326 g/mol. The van der Waals surface area contributed by atoms with Gasteiger partial charge in [0.2, 0.25) is 0 Å². The number of nitro benzene ring substituents is 1. The summed E-state index contributed by atoms with van der Waals surface area (Å²) < 4.78 is 11.1. The molecule has 1 unspecified atom stereocenters. The molecule has 1 aliphatic heterocycles. The van der Waals surface area contributed by atoms with Crippen LogP contribution in [-0.4, -0.2) is 73.6 Å². The number of nitrogens with zero attached hydrogens (tertiary/aromatic N) is 3. The zero-order valence-corrected chi connectivity index (χ0v) is 14.9. The molecule has 1 heterocycles. The van der Waals surface area contributed by atoms with Crippen LogP contribution in [0.3, 0.4) is 0 Å². The van der Waals surface area contributed by atoms with Gasteiger partial charge in [-0.2, -0.15) is 0 Å². The van der Waals surface area contributed by atoms with Gasteiger partial charge in [-0.1, -0.05) is 13.8 Å². The van der Waals surface area contributed by atoms with Gasteiger partial charge in [0, 0.05) is 25.7 Å². The maximum absolute atomic E-state index is 11.1. The molecule has 0 amide bonds. The van der Waals surface area contributed by atoms with Crippen LogP contribution in [-0.2, 0) is 4.74 Å². The number of benzene rings is 1. The Morgan fingerprint density at radius 1 is 1.36 bits per heavy atom. The summed E-state index contributed by atoms with van der Waals surface area (Å²) >= 11 is 0. The lowest BCUT2D eigenvalue weighted by Crippen LogP contribution is -2.37. The normalized spacial score (nSPS) is 16.1. The maximum atomic E-state index is 11.1. The molecule has 1 saturated heterocycles. The molecule has 8 nitrogen and oxygen atoms in total. The third-order valence-corrected chi connectivity index (χ3v) is 4.30. The standard InChI is InChI=1S/C17H27N3O5/c1-3-18(4-2)12-15(21)13-25-17-11-14(20(22)23)5-6-16(17)19-7-9-24-10-8-19/h5-6,11,15,21H,3-4,7-10,12-13H2,1-2H3. The Labute approximate surface area is 148 Å². The van der Waals surface area contributed by atoms with E-state index in [9.17, 15) is 15.2 Å². The molecule has 1 aliphatic rings. The quantitative estimate of drug-likeness (QED) is 0.532. The highest BCUT2D eigenvalue weighted by Gasteiger charge is 2.20. The van der Waals surface area contributed by atoms with Crippen molar-refractivity contribution >= 4 is 11.4 Å². The van der Waals surface area contributed by atoms with Gasteiger partial charge in [0.15, 0.2) is 0 Å². The largest absolute Gasteiger partial charge is 0.488 e. The molecule has 0 spiro atoms. The second-order valence-electron chi connectivity index (χ2n) is 5.96. The third-order valence-electron chi connectivity index (χ3n) is 4.30. The van der Waals surface area contributed by atoms with Gasteiger partial charge in [-0.3, -0.25) is 10.1 Å². The van der Waals surface area contributed by atoms with Crippen LogP contribution >= 0.6 is 0 Å². The van der Waals surface area contributed by atoms with Gasteiger partial charge >= 0.3 is 0 Å². The zero-order valence-electron chi connectivity index (χ0n) is 14.9. The van der Waals surface area contributed by atoms with E-state index in [1.807, 2.05) is 13.8 Å². The summed E-state index contributed by atoms with van der Waals surface area (Å²) in [5.41, 5.74) is 0.772. The molecule has 1 N–H and O–H groups in total. The fraction of sp³-hybridized carbons (Fsp3) is 0.647. The van der Waals surface area contributed by atoms with E-state index in [0.29, 0.717) is 38.6 Å². The van der Waals surface area contributed by atoms with E-state index >= 15 is 0 Å². The van der Waals surface area contributed by atoms with Gasteiger partial charge in [-0.25, -0.2) is 0 Å². The molecule has 0 bridgehead atoms. The number of non-ortho nitro benzene ring substituents is 1. The van der Waals surface area contributed by atoms with Crippen molar-refractivity contribution in [3.8, 4) is 5.75 Å². The van der Waals surface area contributed by atoms with E-state index < -0.39 is 11.0 Å². The monoisotopic (exact) mass is 353 g/mol. The first kappa shape index (κ1) is 19.4. The van der Waals surface area contributed by atoms with Crippen molar-refractivity contribution in [1.29, 1.82) is 0 Å². The molecule has 140 valence electrons. The average molecular weight is 353 g/mol. The molecule has 1 atom stereocenters. The Kier molecular flexibility index (Phi) is 7.42. The Morgan fingerprint density at radius 2 is 2.04 bits per heavy atom. The maximum Gasteiger partial charge on any atom is 0.273 e. The first-order valence-corrected chi connectivity index (χ1v) is 8.69. The van der Waals surface area contributed by atoms with Crippen molar-refractivity contribution in [2.75, 3.05) is 57.4 Å². The molecule has 2 rings (SSSR count). The summed E-state index contributed by atoms with van der Waals surface area (Å²) in [4.78, 5) is 14.8. The minimum absolute atomic E-state index is 0.0229. The smallest absolute Gasteiger partial charge is 0.273 e. The minimum atomic E-state index is -0.656. The van der Waals surface area contributed by atoms with E-state index in [1.165, 1.54) is 12.1 Å². The van der Waals surface area contributed by atoms with Crippen LogP contribution in [0.4, 0.5) is 11.4 Å². The fourth-order valence-corrected chi connectivity index (χ4v) is 2.82. The first-order valence-electron chi connectivity index (χ1n) is 8.69. The Balaban J connectivity index is 2.10. The van der Waals surface area contributed by atoms with E-state index in [1.54, 1.807) is 6.07 Å². The van der Waals surface area contributed by atoms with Crippen LogP contribution in [0.15, 0.2) is 18.2 Å². The van der Waals surface area contributed by atoms with Gasteiger partial charge in [0.25, 0.3) is 5.69 Å². The molecule has 1 aromatic rings. The summed E-state index contributed by atoms with van der Waals surface area (Å²) in [6.45, 7) is 9.01. The predicted octanol–water partition coefficient (Wildman–Crippen LogP) is 1.51. The van der Waals surface area contributed by atoms with Crippen molar-refractivity contribution < 1.29 is 19.5 Å². The number of likely N-dealkylation sites (N-methyl/N-ethyl adjacent to an activating group) is 1. The first-order chi connectivity index (χ1) is 12.0. The molecule has 0 aromatic heterocycles. The van der Waals surface area contributed by atoms with Crippen LogP contribution < -0.4 is 9.64 Å². The Morgan fingerprint density at radius 3 is 2.64 bits per heavy atom. The molecule has 0 radical (unpaired) electrons. The summed E-state index contributed by atoms with van der Waals surface area (Å²) in [6.07, 6.45) is -0.656. The Hall–Kier alpha value is -1.90. The molecule has 1 fully saturated rings. The number of aliphatic hydroxyl groups is 1. The molecule has 8 heteroatoms. The number of hydrogen-bond donors (Lipinski definition) is 1. The van der Waals surface area contributed by atoms with Crippen LogP contribution in [0.2, 0.25) is 0 Å². The second kappa shape index (κ2) is 9.55. The van der Waals surface area contributed by atoms with E-state index in [2.05, 4.69) is 9.80 Å². The lowest BCUT2D eigenvalue weighted by Gasteiger charge is -2.30. The molecule has 25 heavy (non-hydrogen) atoms. The van der Waals surface area contributed by atoms with Gasteiger partial charge < -0.3 is 24.4 Å². The van der Waals surface area contributed by atoms with Crippen LogP contribution in [0.25, 0.3) is 0 Å². The van der Waals surface area contributed by atoms with E-state index in [4.69, 9.17) is 9.47 Å². The van der Waals surface area contributed by atoms with Gasteiger partial charge in [0.05, 0.1) is 29.9 Å². The highest BCUT2D eigenvalue weighted by molar-refractivity contribution is 5.62. The molecule has 0 saturated carbocycles. The summed E-state index contributed by atoms with van der Waals surface area (Å²) in [5, 5.41) is 21.3. The van der Waals surface area contributed by atoms with Crippen molar-refractivity contribution in [1.82, 2.24) is 4.90 Å². The fourth-order valence-electron chi connectivity index (χ4n) is 2.82. The number of ether oxygens (including phenoxy) is 2. The predicted molar refractivity (Wildman–Crippen MR) is 95.4 cm³/mol. The van der Waals surface area contributed by atoms with Gasteiger partial charge in [0.1, 0.15) is 18.5 Å². The van der Waals surface area contributed by atoms with E-state index in [-0.39, 0.29) is 12.3 Å². The van der Waals surface area contributed by atoms with E-state index in [0.717, 1.165) is 18.8 Å². The highest BCUT2D eigenvalue weighted by Crippen LogP contribution is 2.33. The number of hydrogen-bond acceptors (Lipinski definition) is 7. The number of anilines is 1. The van der Waals surface area contributed by atoms with Crippen LogP contribution in [0, 0.1) is 10.1 Å². The van der Waals surface area contributed by atoms with Crippen LogP contribution in [0.1, 0.15) is 13.8 Å². The van der Waals surface area contributed by atoms with Crippen molar-refractivity contribution in [3.05, 3.63) is 28.3 Å². The number of morpholine rings is 1. The van der Waals surface area contributed by atoms with Gasteiger partial charge in [-0.15, -0.1) is 0 Å². The van der Waals surface area contributed by atoms with Crippen molar-refractivity contribution in [2.24, 2.45) is 0 Å². The number of rotatable bonds is 9. The lowest BCUT2D eigenvalue weighted by atomic mass is 10.2. The van der Waals surface area contributed by atoms with Crippen molar-refractivity contribution in [2.45, 2.75) is 20.0 Å². The lowest BCUT2D eigenvalue weighted by molar-refractivity contribution is -0.384. The number of aliphatic hydroxyl groups excluding tert-OH is 1. The molecule has 0 aliphatic carbocycles. The highest BCUT2D eigenvalue weighted by atomic mass is 16.6. The van der Waals surface area contributed by atoms with Crippen molar-refractivity contribution in [3.63, 3.8) is 0 Å². The summed E-state index contributed by atoms with van der Waals surface area (Å²) in [6, 6.07) is 4.61. The zero-order chi connectivity index (χ0) is 18.2. The Bertz CT molecular complexity index is 559. The molecule has 1 aromatic carbocycles. The topological polar surface area (TPSA) is 88.3 Å². The minimum Gasteiger partial charge on any atom is -0.488 e. The SMILES string of the molecule is CCN(CC)CC(O)COc1cc([N+](=O)[O-])ccc1N1CCOCC1. The second-order valence-corrected chi connectivity index (χ2v) is 5.96. The average Bonchev–Trinajstić information content (AvgIpc) is 2.64. The molecular formula is C17H27N3O5. The summed E-state index contributed by atoms with van der Waals surface area (Å²) in [7, 11) is 0. The number of nitro groups is 1. The summed E-state index contributed by atoms with van der Waals surface area (Å²) in [5.74, 6) is 0.426. The van der Waals surface area contributed by atoms with Crippen LogP contribution in [0.5, 0.6) is 5.75 Å². The third kappa shape index (κ3) is 5.55. The van der Waals surface area contributed by atoms with Gasteiger partial charge in [-0.05, 0) is 19.2 Å².